The molecule has 0 aliphatic heterocycles. The molecule has 1 unspecified atom stereocenters. The first-order valence-corrected chi connectivity index (χ1v) is 7.90. The summed E-state index contributed by atoms with van der Waals surface area (Å²) < 4.78 is 10.4. The molecule has 0 aromatic heterocycles. The molecule has 1 atom stereocenters. The molecular weight excluding hydrogens is 270 g/mol. The lowest BCUT2D eigenvalue weighted by Gasteiger charge is -2.41. The summed E-state index contributed by atoms with van der Waals surface area (Å²) in [7, 11) is 3.36. The first kappa shape index (κ1) is 18.4. The lowest BCUT2D eigenvalue weighted by atomic mass is 9.70. The molecule has 1 aliphatic carbocycles. The number of ether oxygens (including phenoxy) is 2. The van der Waals surface area contributed by atoms with Crippen molar-refractivity contribution in [1.82, 2.24) is 4.90 Å². The lowest BCUT2D eigenvalue weighted by Crippen LogP contribution is -2.50. The van der Waals surface area contributed by atoms with Crippen molar-refractivity contribution < 1.29 is 19.4 Å². The van der Waals surface area contributed by atoms with Crippen LogP contribution in [0, 0.1) is 11.3 Å². The van der Waals surface area contributed by atoms with Crippen LogP contribution in [-0.4, -0.2) is 62.5 Å². The third-order valence-electron chi connectivity index (χ3n) is 4.80. The molecule has 1 saturated carbocycles. The van der Waals surface area contributed by atoms with E-state index < -0.39 is 11.4 Å². The van der Waals surface area contributed by atoms with Crippen LogP contribution in [0.15, 0.2) is 0 Å². The Morgan fingerprint density at radius 2 is 1.95 bits per heavy atom. The number of carboxylic acid groups (broad SMARTS) is 1. The van der Waals surface area contributed by atoms with E-state index in [1.165, 1.54) is 0 Å². The molecule has 124 valence electrons. The first-order valence-electron chi connectivity index (χ1n) is 7.90. The smallest absolute Gasteiger partial charge is 0.310 e. The molecule has 0 aromatic rings. The zero-order valence-corrected chi connectivity index (χ0v) is 13.9. The van der Waals surface area contributed by atoms with Crippen LogP contribution in [0.4, 0.5) is 0 Å². The summed E-state index contributed by atoms with van der Waals surface area (Å²) in [5.74, 6) is -0.0114. The van der Waals surface area contributed by atoms with E-state index in [-0.39, 0.29) is 6.04 Å². The Kier molecular flexibility index (Phi) is 7.63. The standard InChI is InChI=1S/C16H31NO4/c1-13-5-7-16(8-6-13,15(18)19)12-17(9-10-20-3)14(2)11-21-4/h13-14H,5-12H2,1-4H3,(H,18,19). The summed E-state index contributed by atoms with van der Waals surface area (Å²) in [6.07, 6.45) is 3.55. The van der Waals surface area contributed by atoms with Gasteiger partial charge in [-0.1, -0.05) is 6.92 Å². The second kappa shape index (κ2) is 8.71. The molecule has 1 aliphatic rings. The predicted octanol–water partition coefficient (Wildman–Crippen LogP) is 2.25. The third kappa shape index (κ3) is 5.24. The van der Waals surface area contributed by atoms with Crippen LogP contribution >= 0.6 is 0 Å². The van der Waals surface area contributed by atoms with Gasteiger partial charge in [0.1, 0.15) is 0 Å². The van der Waals surface area contributed by atoms with Crippen molar-refractivity contribution in [2.75, 3.05) is 40.5 Å². The summed E-state index contributed by atoms with van der Waals surface area (Å²) in [5.41, 5.74) is -0.609. The fraction of sp³-hybridized carbons (Fsp3) is 0.938. The highest BCUT2D eigenvalue weighted by Crippen LogP contribution is 2.40. The molecule has 0 amide bonds. The highest BCUT2D eigenvalue weighted by molar-refractivity contribution is 5.75. The van der Waals surface area contributed by atoms with Gasteiger partial charge < -0.3 is 14.6 Å². The fourth-order valence-electron chi connectivity index (χ4n) is 3.15. The Balaban J connectivity index is 2.78. The van der Waals surface area contributed by atoms with Crippen LogP contribution in [0.2, 0.25) is 0 Å². The quantitative estimate of drug-likeness (QED) is 0.708. The number of rotatable bonds is 9. The van der Waals surface area contributed by atoms with Gasteiger partial charge in [-0.15, -0.1) is 0 Å². The third-order valence-corrected chi connectivity index (χ3v) is 4.80. The second-order valence-corrected chi connectivity index (χ2v) is 6.54. The zero-order valence-electron chi connectivity index (χ0n) is 13.9. The molecule has 1 N–H and O–H groups in total. The molecule has 1 fully saturated rings. The van der Waals surface area contributed by atoms with Gasteiger partial charge in [-0.25, -0.2) is 0 Å². The second-order valence-electron chi connectivity index (χ2n) is 6.54. The molecule has 0 bridgehead atoms. The highest BCUT2D eigenvalue weighted by Gasteiger charge is 2.43. The predicted molar refractivity (Wildman–Crippen MR) is 82.5 cm³/mol. The molecule has 5 nitrogen and oxygen atoms in total. The van der Waals surface area contributed by atoms with Crippen molar-refractivity contribution in [2.24, 2.45) is 11.3 Å². The summed E-state index contributed by atoms with van der Waals surface area (Å²) in [5, 5.41) is 9.77. The van der Waals surface area contributed by atoms with Crippen LogP contribution < -0.4 is 0 Å². The highest BCUT2D eigenvalue weighted by atomic mass is 16.5. The summed E-state index contributed by atoms with van der Waals surface area (Å²) >= 11 is 0. The molecule has 0 saturated heterocycles. The minimum atomic E-state index is -0.651. The van der Waals surface area contributed by atoms with Gasteiger partial charge in [0, 0.05) is 33.4 Å². The fourth-order valence-corrected chi connectivity index (χ4v) is 3.15. The SMILES string of the molecule is COCCN(CC1(C(=O)O)CCC(C)CC1)C(C)COC. The Bertz CT molecular complexity index is 313. The largest absolute Gasteiger partial charge is 0.481 e. The van der Waals surface area contributed by atoms with Crippen LogP contribution in [-0.2, 0) is 14.3 Å². The van der Waals surface area contributed by atoms with Crippen molar-refractivity contribution in [3.05, 3.63) is 0 Å². The Morgan fingerprint density at radius 1 is 1.33 bits per heavy atom. The van der Waals surface area contributed by atoms with Gasteiger partial charge >= 0.3 is 5.97 Å². The van der Waals surface area contributed by atoms with Crippen LogP contribution in [0.1, 0.15) is 39.5 Å². The van der Waals surface area contributed by atoms with Gasteiger partial charge in [-0.3, -0.25) is 9.69 Å². The van der Waals surface area contributed by atoms with Crippen LogP contribution in [0.5, 0.6) is 0 Å². The lowest BCUT2D eigenvalue weighted by molar-refractivity contribution is -0.154. The molecule has 21 heavy (non-hydrogen) atoms. The number of methoxy groups -OCH3 is 2. The average molecular weight is 301 g/mol. The van der Waals surface area contributed by atoms with Gasteiger partial charge in [-0.05, 0) is 38.5 Å². The van der Waals surface area contributed by atoms with E-state index in [0.29, 0.717) is 25.7 Å². The van der Waals surface area contributed by atoms with E-state index in [2.05, 4.69) is 18.7 Å². The van der Waals surface area contributed by atoms with E-state index >= 15 is 0 Å². The number of carboxylic acids is 1. The maximum atomic E-state index is 11.9. The van der Waals surface area contributed by atoms with E-state index in [4.69, 9.17) is 9.47 Å². The van der Waals surface area contributed by atoms with Gasteiger partial charge in [0.15, 0.2) is 0 Å². The molecule has 0 radical (unpaired) electrons. The number of nitrogens with zero attached hydrogens (tertiary/aromatic N) is 1. The van der Waals surface area contributed by atoms with Gasteiger partial charge in [0.25, 0.3) is 0 Å². The van der Waals surface area contributed by atoms with Crippen LogP contribution in [0.25, 0.3) is 0 Å². The average Bonchev–Trinajstić information content (AvgIpc) is 2.45. The van der Waals surface area contributed by atoms with E-state index in [1.807, 2.05) is 0 Å². The first-order chi connectivity index (χ1) is 9.95. The van der Waals surface area contributed by atoms with Crippen molar-refractivity contribution >= 4 is 5.97 Å². The van der Waals surface area contributed by atoms with Gasteiger partial charge in [0.2, 0.25) is 0 Å². The Labute approximate surface area is 128 Å². The topological polar surface area (TPSA) is 59.0 Å². The minimum absolute atomic E-state index is 0.195. The van der Waals surface area contributed by atoms with E-state index in [1.54, 1.807) is 14.2 Å². The minimum Gasteiger partial charge on any atom is -0.481 e. The Morgan fingerprint density at radius 3 is 2.43 bits per heavy atom. The molecule has 1 rings (SSSR count). The Hall–Kier alpha value is -0.650. The van der Waals surface area contributed by atoms with Crippen molar-refractivity contribution in [3.8, 4) is 0 Å². The normalized spacial score (nSPS) is 27.8. The van der Waals surface area contributed by atoms with Crippen molar-refractivity contribution in [2.45, 2.75) is 45.6 Å². The molecular formula is C16H31NO4. The molecule has 0 aromatic carbocycles. The monoisotopic (exact) mass is 301 g/mol. The molecule has 0 heterocycles. The maximum Gasteiger partial charge on any atom is 0.310 e. The maximum absolute atomic E-state index is 11.9. The number of carbonyl (C=O) groups is 1. The number of aliphatic carboxylic acids is 1. The number of hydrogen-bond donors (Lipinski definition) is 1. The molecule has 0 spiro atoms. The van der Waals surface area contributed by atoms with Gasteiger partial charge in [-0.2, -0.15) is 0 Å². The van der Waals surface area contributed by atoms with E-state index in [0.717, 1.165) is 32.2 Å². The molecule has 5 heteroatoms. The van der Waals surface area contributed by atoms with Crippen molar-refractivity contribution in [1.29, 1.82) is 0 Å². The zero-order chi connectivity index (χ0) is 15.9. The summed E-state index contributed by atoms with van der Waals surface area (Å²) in [6, 6.07) is 0.195. The van der Waals surface area contributed by atoms with Crippen molar-refractivity contribution in [3.63, 3.8) is 0 Å². The van der Waals surface area contributed by atoms with E-state index in [9.17, 15) is 9.90 Å². The summed E-state index contributed by atoms with van der Waals surface area (Å²) in [6.45, 7) is 6.84. The van der Waals surface area contributed by atoms with Crippen LogP contribution in [0.3, 0.4) is 0 Å². The summed E-state index contributed by atoms with van der Waals surface area (Å²) in [4.78, 5) is 14.1. The van der Waals surface area contributed by atoms with Gasteiger partial charge in [0.05, 0.1) is 18.6 Å². The number of hydrogen-bond acceptors (Lipinski definition) is 4.